The molecule has 0 saturated heterocycles. The number of halogens is 1. The highest BCUT2D eigenvalue weighted by molar-refractivity contribution is 5.94. The standard InChI is InChI=1S/C21H14FNO5/c1-2-23-10-15(20(25)26)19(24)14-8-16(22)12(9-17(14)23)13-7-11-5-3-4-6-18(11)28-21(13)27/h3-10H,2H2,1H3,(H,25,26). The van der Waals surface area contributed by atoms with Crippen molar-refractivity contribution in [1.29, 1.82) is 0 Å². The molecule has 7 heteroatoms. The second-order valence-electron chi connectivity index (χ2n) is 6.30. The largest absolute Gasteiger partial charge is 0.477 e. The molecule has 0 spiro atoms. The average molecular weight is 379 g/mol. The Kier molecular flexibility index (Phi) is 4.07. The molecule has 0 unspecified atom stereocenters. The van der Waals surface area contributed by atoms with Gasteiger partial charge in [0.1, 0.15) is 17.0 Å². The topological polar surface area (TPSA) is 89.5 Å². The monoisotopic (exact) mass is 379 g/mol. The number of aryl methyl sites for hydroxylation is 1. The summed E-state index contributed by atoms with van der Waals surface area (Å²) < 4.78 is 21.7. The summed E-state index contributed by atoms with van der Waals surface area (Å²) in [6, 6.07) is 10.8. The van der Waals surface area contributed by atoms with Gasteiger partial charge in [-0.3, -0.25) is 4.79 Å². The van der Waals surface area contributed by atoms with Crippen LogP contribution < -0.4 is 11.1 Å². The quantitative estimate of drug-likeness (QED) is 0.549. The van der Waals surface area contributed by atoms with Crippen molar-refractivity contribution in [2.75, 3.05) is 0 Å². The second-order valence-corrected chi connectivity index (χ2v) is 6.30. The molecule has 0 amide bonds. The van der Waals surface area contributed by atoms with Crippen LogP contribution in [-0.4, -0.2) is 15.6 Å². The summed E-state index contributed by atoms with van der Waals surface area (Å²) in [6.07, 6.45) is 1.22. The van der Waals surface area contributed by atoms with E-state index in [1.54, 1.807) is 31.2 Å². The Morgan fingerprint density at radius 2 is 1.89 bits per heavy atom. The molecule has 2 heterocycles. The van der Waals surface area contributed by atoms with Crippen molar-refractivity contribution in [3.8, 4) is 11.1 Å². The molecule has 2 aromatic heterocycles. The molecule has 0 radical (unpaired) electrons. The highest BCUT2D eigenvalue weighted by Gasteiger charge is 2.19. The molecule has 28 heavy (non-hydrogen) atoms. The minimum atomic E-state index is -1.38. The van der Waals surface area contributed by atoms with Crippen LogP contribution in [-0.2, 0) is 6.54 Å². The zero-order chi connectivity index (χ0) is 20.0. The number of carbonyl (C=O) groups is 1. The molecule has 0 atom stereocenters. The maximum absolute atomic E-state index is 14.9. The molecule has 0 bridgehead atoms. The third kappa shape index (κ3) is 2.68. The van der Waals surface area contributed by atoms with Crippen LogP contribution in [0.1, 0.15) is 17.3 Å². The number of fused-ring (bicyclic) bond motifs is 2. The fraction of sp³-hybridized carbons (Fsp3) is 0.0952. The highest BCUT2D eigenvalue weighted by atomic mass is 19.1. The molecule has 0 aliphatic heterocycles. The number of benzene rings is 2. The molecule has 1 N–H and O–H groups in total. The first-order chi connectivity index (χ1) is 13.4. The van der Waals surface area contributed by atoms with Gasteiger partial charge in [0, 0.05) is 29.1 Å². The summed E-state index contributed by atoms with van der Waals surface area (Å²) in [6.45, 7) is 2.12. The van der Waals surface area contributed by atoms with E-state index in [0.29, 0.717) is 23.0 Å². The molecule has 2 aromatic carbocycles. The lowest BCUT2D eigenvalue weighted by Crippen LogP contribution is -2.19. The van der Waals surface area contributed by atoms with Crippen LogP contribution >= 0.6 is 0 Å². The number of carboxylic acid groups (broad SMARTS) is 1. The van der Waals surface area contributed by atoms with Crippen molar-refractivity contribution >= 4 is 27.8 Å². The van der Waals surface area contributed by atoms with Crippen LogP contribution in [0.5, 0.6) is 0 Å². The van der Waals surface area contributed by atoms with Gasteiger partial charge in [-0.2, -0.15) is 0 Å². The maximum atomic E-state index is 14.9. The maximum Gasteiger partial charge on any atom is 0.344 e. The van der Waals surface area contributed by atoms with Crippen LogP contribution in [0.2, 0.25) is 0 Å². The fourth-order valence-corrected chi connectivity index (χ4v) is 3.28. The van der Waals surface area contributed by atoms with Crippen LogP contribution in [0.3, 0.4) is 0 Å². The van der Waals surface area contributed by atoms with Crippen molar-refractivity contribution in [1.82, 2.24) is 4.57 Å². The van der Waals surface area contributed by atoms with E-state index in [-0.39, 0.29) is 16.5 Å². The molecule has 140 valence electrons. The van der Waals surface area contributed by atoms with E-state index in [1.165, 1.54) is 22.9 Å². The molecule has 0 aliphatic rings. The number of aromatic carboxylic acids is 1. The number of hydrogen-bond donors (Lipinski definition) is 1. The minimum Gasteiger partial charge on any atom is -0.477 e. The molecule has 0 saturated carbocycles. The lowest BCUT2D eigenvalue weighted by molar-refractivity contribution is 0.0695. The molecule has 4 rings (SSSR count). The summed E-state index contributed by atoms with van der Waals surface area (Å²) in [5.74, 6) is -2.19. The van der Waals surface area contributed by atoms with Crippen LogP contribution in [0, 0.1) is 5.82 Å². The number of rotatable bonds is 3. The first kappa shape index (κ1) is 17.7. The number of hydrogen-bond acceptors (Lipinski definition) is 4. The minimum absolute atomic E-state index is 0.0170. The number of nitrogens with zero attached hydrogens (tertiary/aromatic N) is 1. The van der Waals surface area contributed by atoms with E-state index >= 15 is 0 Å². The number of para-hydroxylation sites is 1. The second kappa shape index (κ2) is 6.45. The fourth-order valence-electron chi connectivity index (χ4n) is 3.28. The van der Waals surface area contributed by atoms with Gasteiger partial charge in [0.2, 0.25) is 5.43 Å². The molecular formula is C21H14FNO5. The zero-order valence-electron chi connectivity index (χ0n) is 14.7. The van der Waals surface area contributed by atoms with Gasteiger partial charge in [-0.05, 0) is 31.2 Å². The summed E-state index contributed by atoms with van der Waals surface area (Å²) in [4.78, 5) is 36.2. The Labute approximate surface area is 157 Å². The number of carboxylic acids is 1. The van der Waals surface area contributed by atoms with Gasteiger partial charge in [-0.15, -0.1) is 0 Å². The first-order valence-corrected chi connectivity index (χ1v) is 8.54. The van der Waals surface area contributed by atoms with Gasteiger partial charge in [-0.1, -0.05) is 18.2 Å². The Morgan fingerprint density at radius 3 is 2.61 bits per heavy atom. The third-order valence-electron chi connectivity index (χ3n) is 4.67. The van der Waals surface area contributed by atoms with Gasteiger partial charge < -0.3 is 14.1 Å². The lowest BCUT2D eigenvalue weighted by Gasteiger charge is -2.12. The van der Waals surface area contributed by atoms with Crippen LogP contribution in [0.15, 0.2) is 62.7 Å². The SMILES string of the molecule is CCn1cc(C(=O)O)c(=O)c2cc(F)c(-c3cc4ccccc4oc3=O)cc21. The van der Waals surface area contributed by atoms with Crippen molar-refractivity contribution in [2.45, 2.75) is 13.5 Å². The summed E-state index contributed by atoms with van der Waals surface area (Å²) in [5, 5.41) is 9.79. The molecule has 6 nitrogen and oxygen atoms in total. The predicted molar refractivity (Wildman–Crippen MR) is 102 cm³/mol. The number of aromatic nitrogens is 1. The molecule has 0 fully saturated rings. The predicted octanol–water partition coefficient (Wildman–Crippen LogP) is 3.63. The van der Waals surface area contributed by atoms with Crippen LogP contribution in [0.4, 0.5) is 4.39 Å². The van der Waals surface area contributed by atoms with Gasteiger partial charge in [0.15, 0.2) is 0 Å². The first-order valence-electron chi connectivity index (χ1n) is 8.54. The van der Waals surface area contributed by atoms with Gasteiger partial charge >= 0.3 is 11.6 Å². The summed E-state index contributed by atoms with van der Waals surface area (Å²) in [7, 11) is 0. The zero-order valence-corrected chi connectivity index (χ0v) is 14.7. The molecule has 0 aliphatic carbocycles. The van der Waals surface area contributed by atoms with Crippen LogP contribution in [0.25, 0.3) is 33.0 Å². The normalized spacial score (nSPS) is 11.2. The highest BCUT2D eigenvalue weighted by Crippen LogP contribution is 2.27. The van der Waals surface area contributed by atoms with Gasteiger partial charge in [0.25, 0.3) is 0 Å². The van der Waals surface area contributed by atoms with E-state index < -0.39 is 28.4 Å². The Balaban J connectivity index is 2.07. The van der Waals surface area contributed by atoms with Crippen molar-refractivity contribution in [3.63, 3.8) is 0 Å². The van der Waals surface area contributed by atoms with E-state index in [0.717, 1.165) is 6.07 Å². The Bertz CT molecular complexity index is 1380. The van der Waals surface area contributed by atoms with Crippen molar-refractivity contribution in [2.24, 2.45) is 0 Å². The summed E-state index contributed by atoms with van der Waals surface area (Å²) in [5.41, 5.74) is -1.19. The third-order valence-corrected chi connectivity index (χ3v) is 4.67. The van der Waals surface area contributed by atoms with Crippen molar-refractivity contribution < 1.29 is 18.7 Å². The molecular weight excluding hydrogens is 365 g/mol. The molecule has 4 aromatic rings. The van der Waals surface area contributed by atoms with E-state index in [4.69, 9.17) is 4.42 Å². The van der Waals surface area contributed by atoms with E-state index in [2.05, 4.69) is 0 Å². The van der Waals surface area contributed by atoms with Gasteiger partial charge in [0.05, 0.1) is 11.1 Å². The van der Waals surface area contributed by atoms with Crippen molar-refractivity contribution in [3.05, 3.63) is 80.7 Å². The van der Waals surface area contributed by atoms with E-state index in [9.17, 15) is 23.9 Å². The summed E-state index contributed by atoms with van der Waals surface area (Å²) >= 11 is 0. The smallest absolute Gasteiger partial charge is 0.344 e. The Hall–Kier alpha value is -3.74. The van der Waals surface area contributed by atoms with Gasteiger partial charge in [-0.25, -0.2) is 14.0 Å². The lowest BCUT2D eigenvalue weighted by atomic mass is 10.0. The average Bonchev–Trinajstić information content (AvgIpc) is 2.67. The number of pyridine rings is 1. The Morgan fingerprint density at radius 1 is 1.14 bits per heavy atom. The van der Waals surface area contributed by atoms with E-state index in [1.807, 2.05) is 0 Å².